The Balaban J connectivity index is 2.13. The highest BCUT2D eigenvalue weighted by atomic mass is 19.1. The van der Waals surface area contributed by atoms with Gasteiger partial charge in [-0.15, -0.1) is 0 Å². The first-order chi connectivity index (χ1) is 8.93. The van der Waals surface area contributed by atoms with E-state index in [1.54, 1.807) is 0 Å². The van der Waals surface area contributed by atoms with Crippen LogP contribution in [0.15, 0.2) is 53.6 Å². The summed E-state index contributed by atoms with van der Waals surface area (Å²) in [6, 6.07) is 10.6. The molecule has 0 spiro atoms. The monoisotopic (exact) mass is 256 g/mol. The van der Waals surface area contributed by atoms with Crippen LogP contribution in [-0.4, -0.2) is 6.17 Å². The molecule has 2 aliphatic rings. The topological polar surface area (TPSA) is 0 Å². The van der Waals surface area contributed by atoms with E-state index in [0.717, 1.165) is 6.42 Å². The van der Waals surface area contributed by atoms with Gasteiger partial charge in [0.25, 0.3) is 0 Å². The number of benzene rings is 1. The Labute approximate surface area is 115 Å². The first-order valence-electron chi connectivity index (χ1n) is 7.06. The van der Waals surface area contributed by atoms with Crippen molar-refractivity contribution in [3.05, 3.63) is 59.2 Å². The molecule has 2 unspecified atom stereocenters. The summed E-state index contributed by atoms with van der Waals surface area (Å²) >= 11 is 0. The summed E-state index contributed by atoms with van der Waals surface area (Å²) < 4.78 is 13.7. The van der Waals surface area contributed by atoms with Crippen molar-refractivity contribution < 1.29 is 4.39 Å². The van der Waals surface area contributed by atoms with Crippen LogP contribution in [0.25, 0.3) is 0 Å². The third-order valence-corrected chi connectivity index (χ3v) is 4.71. The van der Waals surface area contributed by atoms with Crippen molar-refractivity contribution in [3.63, 3.8) is 0 Å². The largest absolute Gasteiger partial charge is 0.243 e. The molecule has 2 aliphatic carbocycles. The minimum Gasteiger partial charge on any atom is -0.243 e. The fourth-order valence-corrected chi connectivity index (χ4v) is 3.93. The molecule has 0 amide bonds. The van der Waals surface area contributed by atoms with Crippen LogP contribution >= 0.6 is 0 Å². The van der Waals surface area contributed by atoms with Gasteiger partial charge in [-0.05, 0) is 34.6 Å². The minimum atomic E-state index is -0.809. The molecular weight excluding hydrogens is 235 g/mol. The molecule has 1 fully saturated rings. The van der Waals surface area contributed by atoms with Crippen LogP contribution in [0.2, 0.25) is 0 Å². The van der Waals surface area contributed by atoms with E-state index in [4.69, 9.17) is 0 Å². The Morgan fingerprint density at radius 1 is 1.05 bits per heavy atom. The van der Waals surface area contributed by atoms with Crippen LogP contribution in [0.4, 0.5) is 4.39 Å². The van der Waals surface area contributed by atoms with Gasteiger partial charge in [-0.3, -0.25) is 0 Å². The number of hydrogen-bond acceptors (Lipinski definition) is 0. The lowest BCUT2D eigenvalue weighted by Crippen LogP contribution is -2.21. The van der Waals surface area contributed by atoms with Gasteiger partial charge in [0.2, 0.25) is 0 Å². The van der Waals surface area contributed by atoms with Gasteiger partial charge in [0.1, 0.15) is 6.17 Å². The zero-order valence-corrected chi connectivity index (χ0v) is 11.9. The summed E-state index contributed by atoms with van der Waals surface area (Å²) in [5.74, 6) is 0. The van der Waals surface area contributed by atoms with Crippen molar-refractivity contribution in [2.75, 3.05) is 0 Å². The highest BCUT2D eigenvalue weighted by Crippen LogP contribution is 2.58. The van der Waals surface area contributed by atoms with Crippen molar-refractivity contribution in [2.24, 2.45) is 5.41 Å². The Morgan fingerprint density at radius 3 is 2.42 bits per heavy atom. The zero-order valence-electron chi connectivity index (χ0n) is 11.9. The molecule has 2 atom stereocenters. The van der Waals surface area contributed by atoms with Gasteiger partial charge in [-0.25, -0.2) is 4.39 Å². The summed E-state index contributed by atoms with van der Waals surface area (Å²) in [6.07, 6.45) is 4.74. The predicted molar refractivity (Wildman–Crippen MR) is 77.9 cm³/mol. The van der Waals surface area contributed by atoms with Crippen LogP contribution in [0, 0.1) is 5.41 Å². The van der Waals surface area contributed by atoms with Crippen LogP contribution in [-0.2, 0) is 5.41 Å². The minimum absolute atomic E-state index is 0.0245. The molecule has 0 aliphatic heterocycles. The smallest absolute Gasteiger partial charge is 0.122 e. The van der Waals surface area contributed by atoms with Gasteiger partial charge in [-0.2, -0.15) is 0 Å². The molecule has 1 aromatic rings. The summed E-state index contributed by atoms with van der Waals surface area (Å²) in [5, 5.41) is 0. The third-order valence-electron chi connectivity index (χ3n) is 4.71. The maximum Gasteiger partial charge on any atom is 0.122 e. The maximum atomic E-state index is 13.7. The van der Waals surface area contributed by atoms with Gasteiger partial charge in [0.05, 0.1) is 0 Å². The van der Waals surface area contributed by atoms with Gasteiger partial charge in [0.15, 0.2) is 0 Å². The SMILES string of the molecule is CC1(C)CC(C)(c2ccccc2)C2=CCC(F)C=C21. The molecule has 0 nitrogen and oxygen atoms in total. The number of fused-ring (bicyclic) bond motifs is 1. The number of alkyl halides is 1. The lowest BCUT2D eigenvalue weighted by atomic mass is 9.75. The highest BCUT2D eigenvalue weighted by Gasteiger charge is 2.49. The summed E-state index contributed by atoms with van der Waals surface area (Å²) in [6.45, 7) is 6.77. The molecule has 0 heterocycles. The molecule has 0 saturated heterocycles. The van der Waals surface area contributed by atoms with E-state index < -0.39 is 6.17 Å². The molecule has 0 aromatic heterocycles. The first-order valence-corrected chi connectivity index (χ1v) is 7.06. The Morgan fingerprint density at radius 2 is 1.74 bits per heavy atom. The second-order valence-electron chi connectivity index (χ2n) is 6.71. The Kier molecular flexibility index (Phi) is 2.70. The van der Waals surface area contributed by atoms with Crippen molar-refractivity contribution in [2.45, 2.75) is 45.2 Å². The molecule has 1 saturated carbocycles. The molecule has 0 radical (unpaired) electrons. The Hall–Kier alpha value is -1.37. The van der Waals surface area contributed by atoms with Crippen molar-refractivity contribution in [1.29, 1.82) is 0 Å². The van der Waals surface area contributed by atoms with Gasteiger partial charge >= 0.3 is 0 Å². The molecule has 0 N–H and O–H groups in total. The molecule has 0 bridgehead atoms. The average molecular weight is 256 g/mol. The molecule has 19 heavy (non-hydrogen) atoms. The van der Waals surface area contributed by atoms with E-state index in [9.17, 15) is 4.39 Å². The molecule has 1 aromatic carbocycles. The van der Waals surface area contributed by atoms with Crippen molar-refractivity contribution >= 4 is 0 Å². The normalized spacial score (nSPS) is 32.5. The standard InChI is InChI=1S/C18H21F/c1-17(2)12-18(3,13-7-5-4-6-8-13)15-10-9-14(19)11-16(15)17/h4-8,10-11,14H,9,12H2,1-3H3. The molecule has 3 rings (SSSR count). The maximum absolute atomic E-state index is 13.7. The summed E-state index contributed by atoms with van der Waals surface area (Å²) in [7, 11) is 0. The molecular formula is C18H21F. The fourth-order valence-electron chi connectivity index (χ4n) is 3.93. The lowest BCUT2D eigenvalue weighted by Gasteiger charge is -2.28. The summed E-state index contributed by atoms with van der Waals surface area (Å²) in [5.41, 5.74) is 3.99. The second-order valence-corrected chi connectivity index (χ2v) is 6.71. The Bertz CT molecular complexity index is 550. The van der Waals surface area contributed by atoms with E-state index in [2.05, 4.69) is 57.2 Å². The van der Waals surface area contributed by atoms with Crippen LogP contribution in [0.3, 0.4) is 0 Å². The lowest BCUT2D eigenvalue weighted by molar-refractivity contribution is 0.377. The quantitative estimate of drug-likeness (QED) is 0.665. The first kappa shape index (κ1) is 12.7. The van der Waals surface area contributed by atoms with Crippen LogP contribution in [0.5, 0.6) is 0 Å². The van der Waals surface area contributed by atoms with E-state index in [1.165, 1.54) is 16.7 Å². The van der Waals surface area contributed by atoms with E-state index in [1.807, 2.05) is 6.08 Å². The fraction of sp³-hybridized carbons (Fsp3) is 0.444. The van der Waals surface area contributed by atoms with E-state index in [-0.39, 0.29) is 10.8 Å². The highest BCUT2D eigenvalue weighted by molar-refractivity contribution is 5.55. The average Bonchev–Trinajstić information content (AvgIpc) is 2.59. The summed E-state index contributed by atoms with van der Waals surface area (Å²) in [4.78, 5) is 0. The number of hydrogen-bond donors (Lipinski definition) is 0. The molecule has 1 heteroatoms. The third kappa shape index (κ3) is 1.87. The second kappa shape index (κ2) is 4.06. The van der Waals surface area contributed by atoms with Crippen LogP contribution < -0.4 is 0 Å². The van der Waals surface area contributed by atoms with Crippen molar-refractivity contribution in [1.82, 2.24) is 0 Å². The van der Waals surface area contributed by atoms with E-state index >= 15 is 0 Å². The predicted octanol–water partition coefficient (Wildman–Crippen LogP) is 4.97. The van der Waals surface area contributed by atoms with Crippen molar-refractivity contribution in [3.8, 4) is 0 Å². The number of halogens is 1. The van der Waals surface area contributed by atoms with E-state index in [0.29, 0.717) is 6.42 Å². The zero-order chi connectivity index (χ0) is 13.7. The van der Waals surface area contributed by atoms with Gasteiger partial charge < -0.3 is 0 Å². The number of rotatable bonds is 1. The number of allylic oxidation sites excluding steroid dienone is 4. The van der Waals surface area contributed by atoms with Gasteiger partial charge in [0, 0.05) is 11.8 Å². The molecule has 100 valence electrons. The van der Waals surface area contributed by atoms with Gasteiger partial charge in [-0.1, -0.05) is 57.2 Å². The van der Waals surface area contributed by atoms with Crippen LogP contribution in [0.1, 0.15) is 39.2 Å².